The minimum atomic E-state index is -4.96. The topological polar surface area (TPSA) is 237 Å². The van der Waals surface area contributed by atoms with Crippen LogP contribution >= 0.6 is 15.6 Å². The van der Waals surface area contributed by atoms with Crippen molar-refractivity contribution in [3.05, 3.63) is 0 Å². The van der Waals surface area contributed by atoms with E-state index in [1.807, 2.05) is 0 Å². The Morgan fingerprint density at radius 1 is 0.253 bits per heavy atom. The summed E-state index contributed by atoms with van der Waals surface area (Å²) in [7, 11) is -9.92. The Morgan fingerprint density at radius 3 is 0.626 bits per heavy atom. The van der Waals surface area contributed by atoms with Gasteiger partial charge in [0.15, 0.2) is 12.2 Å². The summed E-state index contributed by atoms with van der Waals surface area (Å²) in [5.41, 5.74) is 0. The molecule has 0 rings (SSSR count). The normalized spacial score (nSPS) is 14.1. The Labute approximate surface area is 607 Å². The molecule has 0 saturated carbocycles. The predicted molar refractivity (Wildman–Crippen MR) is 404 cm³/mol. The van der Waals surface area contributed by atoms with Crippen LogP contribution in [-0.4, -0.2) is 96.7 Å². The summed E-state index contributed by atoms with van der Waals surface area (Å²) in [5, 5.41) is 10.6. The number of carbonyl (C=O) groups excluding carboxylic acids is 4. The quantitative estimate of drug-likeness (QED) is 0.0222. The molecule has 0 heterocycles. The number of aliphatic hydroxyl groups excluding tert-OH is 1. The van der Waals surface area contributed by atoms with Crippen LogP contribution in [0.4, 0.5) is 0 Å². The van der Waals surface area contributed by atoms with E-state index < -0.39 is 97.5 Å². The number of aliphatic hydroxyl groups is 1. The molecular weight excluding hydrogens is 1290 g/mol. The fraction of sp³-hybridized carbons (Fsp3) is 0.950. The van der Waals surface area contributed by atoms with Crippen molar-refractivity contribution in [1.82, 2.24) is 0 Å². The number of phosphoric acid groups is 2. The summed E-state index contributed by atoms with van der Waals surface area (Å²) in [4.78, 5) is 73.0. The molecule has 0 aromatic carbocycles. The highest BCUT2D eigenvalue weighted by molar-refractivity contribution is 7.47. The number of esters is 4. The highest BCUT2D eigenvalue weighted by Crippen LogP contribution is 2.45. The summed E-state index contributed by atoms with van der Waals surface area (Å²) in [5.74, 6) is 0.955. The average molecular weight is 1450 g/mol. The lowest BCUT2D eigenvalue weighted by atomic mass is 10.0. The summed E-state index contributed by atoms with van der Waals surface area (Å²) in [6, 6.07) is 0. The van der Waals surface area contributed by atoms with Gasteiger partial charge in [-0.05, 0) is 49.4 Å². The van der Waals surface area contributed by atoms with Crippen molar-refractivity contribution in [2.45, 2.75) is 427 Å². The fourth-order valence-corrected chi connectivity index (χ4v) is 13.8. The molecule has 588 valence electrons. The summed E-state index contributed by atoms with van der Waals surface area (Å²) in [6.07, 6.45) is 55.6. The SMILES string of the molecule is CC(C)CCCCCCCCCCCCCCCCCCC(=O)OC[C@H](COP(=O)(O)OCC(O)COP(=O)(O)OC[C@@H](COC(=O)CCCCCCCCCC(C)C)OC(=O)CCCCCCCCCCCCCCC(C)C)OC(=O)CCCCCCCCCCCCCCC(C)C. The molecule has 5 atom stereocenters. The molecular formula is C80H156O17P2. The van der Waals surface area contributed by atoms with Crippen LogP contribution < -0.4 is 0 Å². The van der Waals surface area contributed by atoms with Gasteiger partial charge in [0, 0.05) is 25.7 Å². The van der Waals surface area contributed by atoms with Gasteiger partial charge in [0.05, 0.1) is 26.4 Å². The van der Waals surface area contributed by atoms with Gasteiger partial charge in [-0.25, -0.2) is 9.13 Å². The molecule has 0 aliphatic rings. The van der Waals surface area contributed by atoms with Gasteiger partial charge in [-0.1, -0.05) is 357 Å². The highest BCUT2D eigenvalue weighted by Gasteiger charge is 2.30. The van der Waals surface area contributed by atoms with Gasteiger partial charge in [0.25, 0.3) is 0 Å². The number of ether oxygens (including phenoxy) is 4. The van der Waals surface area contributed by atoms with Crippen molar-refractivity contribution in [1.29, 1.82) is 0 Å². The molecule has 3 unspecified atom stereocenters. The van der Waals surface area contributed by atoms with Gasteiger partial charge < -0.3 is 33.8 Å². The Kier molecular flexibility index (Phi) is 67.8. The maximum atomic E-state index is 13.1. The van der Waals surface area contributed by atoms with E-state index in [0.29, 0.717) is 31.6 Å². The summed E-state index contributed by atoms with van der Waals surface area (Å²) >= 11 is 0. The first-order chi connectivity index (χ1) is 47.6. The number of hydrogen-bond acceptors (Lipinski definition) is 15. The standard InChI is InChI=1S/C80H156O17P2/c1-70(2)56-48-40-32-25-19-13-11-9-10-12-14-22-28-36-44-52-60-77(82)90-66-75(96-79(84)62-54-46-37-29-23-17-15-20-26-33-41-49-57-71(3)4)68-94-98(86,87)92-64-74(81)65-93-99(88,89)95-69-76(67-91-78(83)61-53-45-39-31-35-43-51-59-73(7)8)97-80(85)63-55-47-38-30-24-18-16-21-27-34-42-50-58-72(5)6/h70-76,81H,9-69H2,1-8H3,(H,86,87)(H,88,89)/t74?,75-,76-/m1/s1. The lowest BCUT2D eigenvalue weighted by Crippen LogP contribution is -2.30. The van der Waals surface area contributed by atoms with Crippen molar-refractivity contribution >= 4 is 39.5 Å². The van der Waals surface area contributed by atoms with Crippen LogP contribution in [-0.2, 0) is 65.4 Å². The van der Waals surface area contributed by atoms with Crippen LogP contribution in [0.3, 0.4) is 0 Å². The molecule has 0 radical (unpaired) electrons. The smallest absolute Gasteiger partial charge is 0.462 e. The maximum absolute atomic E-state index is 13.1. The zero-order valence-electron chi connectivity index (χ0n) is 65.1. The third-order valence-corrected chi connectivity index (χ3v) is 20.5. The molecule has 0 fully saturated rings. The monoisotopic (exact) mass is 1450 g/mol. The molecule has 99 heavy (non-hydrogen) atoms. The van der Waals surface area contributed by atoms with Gasteiger partial charge in [-0.15, -0.1) is 0 Å². The first-order valence-corrected chi connectivity index (χ1v) is 44.2. The lowest BCUT2D eigenvalue weighted by molar-refractivity contribution is -0.161. The lowest BCUT2D eigenvalue weighted by Gasteiger charge is -2.21. The van der Waals surface area contributed by atoms with Crippen molar-refractivity contribution in [3.8, 4) is 0 Å². The van der Waals surface area contributed by atoms with Crippen molar-refractivity contribution < 1.29 is 80.2 Å². The second-order valence-corrected chi connectivity index (χ2v) is 33.6. The zero-order valence-corrected chi connectivity index (χ0v) is 66.9. The van der Waals surface area contributed by atoms with Gasteiger partial charge in [-0.2, -0.15) is 0 Å². The maximum Gasteiger partial charge on any atom is 0.472 e. The average Bonchev–Trinajstić information content (AvgIpc) is 1.56. The Morgan fingerprint density at radius 2 is 0.424 bits per heavy atom. The third kappa shape index (κ3) is 74.1. The molecule has 0 aromatic heterocycles. The highest BCUT2D eigenvalue weighted by atomic mass is 31.2. The fourth-order valence-electron chi connectivity index (χ4n) is 12.3. The third-order valence-electron chi connectivity index (χ3n) is 18.6. The first kappa shape index (κ1) is 97.1. The van der Waals surface area contributed by atoms with Crippen LogP contribution in [0.1, 0.15) is 409 Å². The van der Waals surface area contributed by atoms with E-state index in [1.54, 1.807) is 0 Å². The Balaban J connectivity index is 5.23. The molecule has 0 aromatic rings. The zero-order chi connectivity index (χ0) is 73.1. The minimum absolute atomic E-state index is 0.106. The van der Waals surface area contributed by atoms with Crippen molar-refractivity contribution in [3.63, 3.8) is 0 Å². The van der Waals surface area contributed by atoms with E-state index in [-0.39, 0.29) is 25.7 Å². The van der Waals surface area contributed by atoms with E-state index in [1.165, 1.54) is 205 Å². The summed E-state index contributed by atoms with van der Waals surface area (Å²) in [6.45, 7) is 14.2. The molecule has 19 heteroatoms. The first-order valence-electron chi connectivity index (χ1n) is 41.2. The van der Waals surface area contributed by atoms with Gasteiger partial charge in [0.2, 0.25) is 0 Å². The Hall–Kier alpha value is -1.94. The second-order valence-electron chi connectivity index (χ2n) is 30.7. The van der Waals surface area contributed by atoms with Gasteiger partial charge >= 0.3 is 39.5 Å². The van der Waals surface area contributed by atoms with E-state index in [9.17, 15) is 43.2 Å². The molecule has 17 nitrogen and oxygen atoms in total. The number of carbonyl (C=O) groups is 4. The van der Waals surface area contributed by atoms with E-state index in [0.717, 1.165) is 114 Å². The van der Waals surface area contributed by atoms with Crippen molar-refractivity contribution in [2.24, 2.45) is 23.7 Å². The predicted octanol–water partition coefficient (Wildman–Crippen LogP) is 23.6. The second kappa shape index (κ2) is 69.1. The van der Waals surface area contributed by atoms with Crippen LogP contribution in [0.25, 0.3) is 0 Å². The largest absolute Gasteiger partial charge is 0.472 e. The molecule has 0 saturated heterocycles. The van der Waals surface area contributed by atoms with Crippen LogP contribution in [0.2, 0.25) is 0 Å². The number of phosphoric ester groups is 2. The minimum Gasteiger partial charge on any atom is -0.462 e. The van der Waals surface area contributed by atoms with Crippen molar-refractivity contribution in [2.75, 3.05) is 39.6 Å². The number of unbranched alkanes of at least 4 members (excludes halogenated alkanes) is 43. The van der Waals surface area contributed by atoms with E-state index >= 15 is 0 Å². The van der Waals surface area contributed by atoms with Crippen LogP contribution in [0.15, 0.2) is 0 Å². The molecule has 0 aliphatic carbocycles. The van der Waals surface area contributed by atoms with Gasteiger partial charge in [-0.3, -0.25) is 37.3 Å². The summed E-state index contributed by atoms with van der Waals surface area (Å²) < 4.78 is 68.7. The molecule has 0 amide bonds. The number of rotatable bonds is 77. The van der Waals surface area contributed by atoms with Crippen LogP contribution in [0.5, 0.6) is 0 Å². The Bertz CT molecular complexity index is 1940. The molecule has 0 bridgehead atoms. The van der Waals surface area contributed by atoms with E-state index in [2.05, 4.69) is 55.4 Å². The molecule has 0 spiro atoms. The molecule has 3 N–H and O–H groups in total. The number of hydrogen-bond donors (Lipinski definition) is 3. The van der Waals surface area contributed by atoms with Gasteiger partial charge in [0.1, 0.15) is 19.3 Å². The van der Waals surface area contributed by atoms with E-state index in [4.69, 9.17) is 37.0 Å². The molecule has 0 aliphatic heterocycles. The van der Waals surface area contributed by atoms with Crippen LogP contribution in [0, 0.1) is 23.7 Å².